The number of allylic oxidation sites excluding steroid dienone is 1. The molecule has 2 aromatic rings. The number of methoxy groups -OCH3 is 1. The Morgan fingerprint density at radius 2 is 1.70 bits per heavy atom. The van der Waals surface area contributed by atoms with Crippen LogP contribution in [0.5, 0.6) is 5.75 Å². The van der Waals surface area contributed by atoms with E-state index in [2.05, 4.69) is 22.0 Å². The summed E-state index contributed by atoms with van der Waals surface area (Å²) >= 11 is 5.30. The lowest BCUT2D eigenvalue weighted by Crippen LogP contribution is -2.45. The van der Waals surface area contributed by atoms with Gasteiger partial charge in [-0.25, -0.2) is 0 Å². The number of thiocarbonyl (C=S) groups is 1. The Morgan fingerprint density at radius 3 is 2.30 bits per heavy atom. The van der Waals surface area contributed by atoms with Crippen LogP contribution in [0, 0.1) is 13.8 Å². The minimum absolute atomic E-state index is 0.166. The standard InChI is InChI=1S/C21H23N3O2S/c1-12-9-13(2)11-16(10-12)23-20(25)18-14(3)22-21(27)24-19(18)15-5-7-17(26-4)8-6-15/h5-11,19H,1-4H3,(H,23,25)(H2,22,24,27)/t19-/m1/s1. The molecule has 1 amide bonds. The van der Waals surface area contributed by atoms with Crippen LogP contribution in [0.25, 0.3) is 0 Å². The maximum Gasteiger partial charge on any atom is 0.255 e. The van der Waals surface area contributed by atoms with Crippen LogP contribution in [0.15, 0.2) is 53.7 Å². The van der Waals surface area contributed by atoms with E-state index in [-0.39, 0.29) is 11.9 Å². The van der Waals surface area contributed by atoms with E-state index in [0.717, 1.165) is 33.8 Å². The van der Waals surface area contributed by atoms with E-state index in [9.17, 15) is 4.79 Å². The predicted octanol–water partition coefficient (Wildman–Crippen LogP) is 3.74. The van der Waals surface area contributed by atoms with Gasteiger partial charge in [0.1, 0.15) is 5.75 Å². The van der Waals surface area contributed by atoms with Crippen molar-refractivity contribution in [2.75, 3.05) is 12.4 Å². The molecule has 5 nitrogen and oxygen atoms in total. The molecule has 0 saturated carbocycles. The van der Waals surface area contributed by atoms with Crippen LogP contribution in [-0.2, 0) is 4.79 Å². The van der Waals surface area contributed by atoms with E-state index < -0.39 is 0 Å². The summed E-state index contributed by atoms with van der Waals surface area (Å²) in [4.78, 5) is 13.1. The van der Waals surface area contributed by atoms with Crippen LogP contribution in [0.4, 0.5) is 5.69 Å². The number of hydrogen-bond donors (Lipinski definition) is 3. The Balaban J connectivity index is 1.94. The summed E-state index contributed by atoms with van der Waals surface area (Å²) in [6, 6.07) is 13.3. The third-order valence-electron chi connectivity index (χ3n) is 4.44. The van der Waals surface area contributed by atoms with Crippen molar-refractivity contribution in [2.45, 2.75) is 26.8 Å². The van der Waals surface area contributed by atoms with Crippen LogP contribution in [0.3, 0.4) is 0 Å². The summed E-state index contributed by atoms with van der Waals surface area (Å²) in [6.45, 7) is 5.88. The van der Waals surface area contributed by atoms with Gasteiger partial charge in [0.25, 0.3) is 5.91 Å². The van der Waals surface area contributed by atoms with Crippen molar-refractivity contribution in [2.24, 2.45) is 0 Å². The lowest BCUT2D eigenvalue weighted by molar-refractivity contribution is -0.113. The molecule has 1 aliphatic rings. The molecule has 0 radical (unpaired) electrons. The molecule has 3 rings (SSSR count). The molecular weight excluding hydrogens is 358 g/mol. The fourth-order valence-electron chi connectivity index (χ4n) is 3.29. The average molecular weight is 382 g/mol. The Bertz CT molecular complexity index is 899. The number of aryl methyl sites for hydroxylation is 2. The molecule has 1 aliphatic heterocycles. The quantitative estimate of drug-likeness (QED) is 0.704. The highest BCUT2D eigenvalue weighted by atomic mass is 32.1. The highest BCUT2D eigenvalue weighted by Gasteiger charge is 2.30. The molecule has 0 fully saturated rings. The molecule has 0 saturated heterocycles. The molecule has 3 N–H and O–H groups in total. The van der Waals surface area contributed by atoms with Crippen molar-refractivity contribution in [3.63, 3.8) is 0 Å². The van der Waals surface area contributed by atoms with Gasteiger partial charge in [0, 0.05) is 11.4 Å². The summed E-state index contributed by atoms with van der Waals surface area (Å²) in [7, 11) is 1.62. The zero-order valence-electron chi connectivity index (χ0n) is 15.8. The number of rotatable bonds is 4. The van der Waals surface area contributed by atoms with Gasteiger partial charge in [0.2, 0.25) is 0 Å². The molecule has 0 unspecified atom stereocenters. The van der Waals surface area contributed by atoms with Crippen LogP contribution in [-0.4, -0.2) is 18.1 Å². The topological polar surface area (TPSA) is 62.4 Å². The van der Waals surface area contributed by atoms with Crippen molar-refractivity contribution < 1.29 is 9.53 Å². The second kappa shape index (κ2) is 7.80. The van der Waals surface area contributed by atoms with Gasteiger partial charge in [-0.1, -0.05) is 18.2 Å². The number of carbonyl (C=O) groups excluding carboxylic acids is 1. The van der Waals surface area contributed by atoms with E-state index in [1.807, 2.05) is 57.2 Å². The van der Waals surface area contributed by atoms with Gasteiger partial charge in [-0.05, 0) is 73.9 Å². The minimum atomic E-state index is -0.337. The van der Waals surface area contributed by atoms with Gasteiger partial charge in [-0.15, -0.1) is 0 Å². The molecule has 0 aromatic heterocycles. The maximum atomic E-state index is 13.1. The van der Waals surface area contributed by atoms with Gasteiger partial charge in [-0.3, -0.25) is 4.79 Å². The molecule has 0 aliphatic carbocycles. The molecule has 6 heteroatoms. The normalized spacial score (nSPS) is 16.4. The number of amides is 1. The number of carbonyl (C=O) groups is 1. The number of nitrogens with one attached hydrogen (secondary N) is 3. The third-order valence-corrected chi connectivity index (χ3v) is 4.66. The largest absolute Gasteiger partial charge is 0.497 e. The predicted molar refractivity (Wildman–Crippen MR) is 112 cm³/mol. The van der Waals surface area contributed by atoms with E-state index in [1.165, 1.54) is 0 Å². The summed E-state index contributed by atoms with van der Waals surface area (Å²) in [5.41, 5.74) is 5.26. The Hall–Kier alpha value is -2.86. The van der Waals surface area contributed by atoms with Gasteiger partial charge < -0.3 is 20.7 Å². The molecule has 1 heterocycles. The number of hydrogen-bond acceptors (Lipinski definition) is 3. The van der Waals surface area contributed by atoms with Crippen molar-refractivity contribution in [1.82, 2.24) is 10.6 Å². The van der Waals surface area contributed by atoms with Crippen molar-refractivity contribution in [1.29, 1.82) is 0 Å². The zero-order chi connectivity index (χ0) is 19.6. The number of anilines is 1. The van der Waals surface area contributed by atoms with E-state index in [0.29, 0.717) is 10.7 Å². The Labute approximate surface area is 164 Å². The summed E-state index contributed by atoms with van der Waals surface area (Å²) < 4.78 is 5.22. The number of ether oxygens (including phenoxy) is 1. The minimum Gasteiger partial charge on any atom is -0.497 e. The smallest absolute Gasteiger partial charge is 0.255 e. The van der Waals surface area contributed by atoms with E-state index in [1.54, 1.807) is 7.11 Å². The van der Waals surface area contributed by atoms with Gasteiger partial charge >= 0.3 is 0 Å². The third kappa shape index (κ3) is 4.28. The fourth-order valence-corrected chi connectivity index (χ4v) is 3.56. The molecule has 0 spiro atoms. The van der Waals surface area contributed by atoms with Crippen LogP contribution in [0.1, 0.15) is 29.7 Å². The molecule has 0 bridgehead atoms. The zero-order valence-corrected chi connectivity index (χ0v) is 16.7. The average Bonchev–Trinajstić information content (AvgIpc) is 2.60. The van der Waals surface area contributed by atoms with Crippen LogP contribution < -0.4 is 20.7 Å². The van der Waals surface area contributed by atoms with Gasteiger partial charge in [-0.2, -0.15) is 0 Å². The SMILES string of the molecule is COc1ccc([C@H]2NC(=S)NC(C)=C2C(=O)Nc2cc(C)cc(C)c2)cc1. The van der Waals surface area contributed by atoms with Gasteiger partial charge in [0.05, 0.1) is 18.7 Å². The van der Waals surface area contributed by atoms with Crippen molar-refractivity contribution in [3.05, 3.63) is 70.4 Å². The van der Waals surface area contributed by atoms with Crippen LogP contribution >= 0.6 is 12.2 Å². The molecule has 1 atom stereocenters. The van der Waals surface area contributed by atoms with E-state index >= 15 is 0 Å². The maximum absolute atomic E-state index is 13.1. The fraction of sp³-hybridized carbons (Fsp3) is 0.238. The first-order chi connectivity index (χ1) is 12.9. The first kappa shape index (κ1) is 18.9. The summed E-state index contributed by atoms with van der Waals surface area (Å²) in [6.07, 6.45) is 0. The Morgan fingerprint density at radius 1 is 1.07 bits per heavy atom. The van der Waals surface area contributed by atoms with Crippen molar-refractivity contribution in [3.8, 4) is 5.75 Å². The lowest BCUT2D eigenvalue weighted by atomic mass is 9.94. The summed E-state index contributed by atoms with van der Waals surface area (Å²) in [5.74, 6) is 0.595. The highest BCUT2D eigenvalue weighted by molar-refractivity contribution is 7.80. The van der Waals surface area contributed by atoms with E-state index in [4.69, 9.17) is 17.0 Å². The molecule has 2 aromatic carbocycles. The summed E-state index contributed by atoms with van der Waals surface area (Å²) in [5, 5.41) is 9.77. The van der Waals surface area contributed by atoms with Crippen molar-refractivity contribution >= 4 is 28.9 Å². The first-order valence-corrected chi connectivity index (χ1v) is 9.10. The second-order valence-corrected chi connectivity index (χ2v) is 7.08. The van der Waals surface area contributed by atoms with Gasteiger partial charge in [0.15, 0.2) is 5.11 Å². The molecular formula is C21H23N3O2S. The lowest BCUT2D eigenvalue weighted by Gasteiger charge is -2.30. The molecule has 27 heavy (non-hydrogen) atoms. The highest BCUT2D eigenvalue weighted by Crippen LogP contribution is 2.29. The second-order valence-electron chi connectivity index (χ2n) is 6.67. The number of benzene rings is 2. The Kier molecular flexibility index (Phi) is 5.46. The van der Waals surface area contributed by atoms with Crippen LogP contribution in [0.2, 0.25) is 0 Å². The monoisotopic (exact) mass is 381 g/mol. The molecule has 140 valence electrons. The first-order valence-electron chi connectivity index (χ1n) is 8.69.